The summed E-state index contributed by atoms with van der Waals surface area (Å²) in [5.74, 6) is -0.367. The van der Waals surface area contributed by atoms with E-state index in [9.17, 15) is 4.79 Å². The number of hydrogen-bond donors (Lipinski definition) is 1. The average molecular weight is 347 g/mol. The van der Waals surface area contributed by atoms with Crippen molar-refractivity contribution in [2.75, 3.05) is 5.32 Å². The Morgan fingerprint density at radius 3 is 2.72 bits per heavy atom. The van der Waals surface area contributed by atoms with Gasteiger partial charge in [0, 0.05) is 11.2 Å². The summed E-state index contributed by atoms with van der Waals surface area (Å²) >= 11 is 14.8. The number of nitrogens with zero attached hydrogens (tertiary/aromatic N) is 2. The molecule has 2 rings (SSSR count). The molecule has 0 aliphatic heterocycles. The molecule has 7 heteroatoms. The van der Waals surface area contributed by atoms with Crippen molar-refractivity contribution in [3.05, 3.63) is 50.9 Å². The molecule has 0 unspecified atom stereocenters. The van der Waals surface area contributed by atoms with E-state index in [0.717, 1.165) is 0 Å². The van der Waals surface area contributed by atoms with Gasteiger partial charge in [-0.2, -0.15) is 0 Å². The van der Waals surface area contributed by atoms with Crippen molar-refractivity contribution in [1.29, 1.82) is 0 Å². The fourth-order valence-electron chi connectivity index (χ4n) is 1.21. The maximum Gasteiger partial charge on any atom is 0.274 e. The fourth-order valence-corrected chi connectivity index (χ4v) is 1.83. The highest BCUT2D eigenvalue weighted by Gasteiger charge is 2.09. The van der Waals surface area contributed by atoms with E-state index in [2.05, 4.69) is 31.2 Å². The lowest BCUT2D eigenvalue weighted by molar-refractivity contribution is 0.102. The van der Waals surface area contributed by atoms with Gasteiger partial charge in [-0.1, -0.05) is 23.2 Å². The lowest BCUT2D eigenvalue weighted by Gasteiger charge is -2.05. The van der Waals surface area contributed by atoms with E-state index >= 15 is 0 Å². The minimum atomic E-state index is -0.367. The average Bonchev–Trinajstić information content (AvgIpc) is 2.34. The maximum atomic E-state index is 11.9. The summed E-state index contributed by atoms with van der Waals surface area (Å²) in [6.07, 6.45) is 2.92. The van der Waals surface area contributed by atoms with Gasteiger partial charge in [-0.3, -0.25) is 9.78 Å². The zero-order chi connectivity index (χ0) is 13.1. The van der Waals surface area contributed by atoms with Crippen LogP contribution in [0.5, 0.6) is 0 Å². The van der Waals surface area contributed by atoms with E-state index in [4.69, 9.17) is 23.2 Å². The number of hydrogen-bond acceptors (Lipinski definition) is 3. The summed E-state index contributed by atoms with van der Waals surface area (Å²) in [6, 6.07) is 4.73. The Morgan fingerprint density at radius 1 is 1.28 bits per heavy atom. The van der Waals surface area contributed by atoms with Gasteiger partial charge in [-0.25, -0.2) is 4.98 Å². The molecule has 2 heterocycles. The number of carbonyl (C=O) groups excluding carboxylic acids is 1. The standard InChI is InChI=1S/C11H6BrCl2N3O/c12-8-4-7(5-16-10(8)14)17-11(18)9-3-6(13)1-2-15-9/h1-5H,(H,17,18). The molecular formula is C11H6BrCl2N3O. The summed E-state index contributed by atoms with van der Waals surface area (Å²) in [4.78, 5) is 19.7. The van der Waals surface area contributed by atoms with Gasteiger partial charge in [0.2, 0.25) is 0 Å². The lowest BCUT2D eigenvalue weighted by atomic mass is 10.3. The van der Waals surface area contributed by atoms with E-state index in [-0.39, 0.29) is 11.6 Å². The van der Waals surface area contributed by atoms with Crippen molar-refractivity contribution < 1.29 is 4.79 Å². The smallest absolute Gasteiger partial charge is 0.274 e. The summed E-state index contributed by atoms with van der Waals surface area (Å²) in [5, 5.41) is 3.42. The van der Waals surface area contributed by atoms with Crippen LogP contribution in [0.1, 0.15) is 10.5 Å². The van der Waals surface area contributed by atoms with E-state index < -0.39 is 0 Å². The summed E-state index contributed by atoms with van der Waals surface area (Å²) in [7, 11) is 0. The van der Waals surface area contributed by atoms with Gasteiger partial charge < -0.3 is 5.32 Å². The molecule has 0 aliphatic rings. The highest BCUT2D eigenvalue weighted by Crippen LogP contribution is 2.23. The Kier molecular flexibility index (Phi) is 4.16. The molecule has 0 aromatic carbocycles. The third kappa shape index (κ3) is 3.19. The minimum absolute atomic E-state index is 0.230. The van der Waals surface area contributed by atoms with Crippen LogP contribution in [0.15, 0.2) is 35.1 Å². The van der Waals surface area contributed by atoms with E-state index in [1.807, 2.05) is 0 Å². The molecule has 4 nitrogen and oxygen atoms in total. The Morgan fingerprint density at radius 2 is 2.06 bits per heavy atom. The molecule has 0 spiro atoms. The number of aromatic nitrogens is 2. The third-order valence-electron chi connectivity index (χ3n) is 2.01. The van der Waals surface area contributed by atoms with Gasteiger partial charge in [-0.15, -0.1) is 0 Å². The Labute approximate surface area is 121 Å². The molecular weight excluding hydrogens is 341 g/mol. The van der Waals surface area contributed by atoms with Crippen LogP contribution in [0.2, 0.25) is 10.2 Å². The third-order valence-corrected chi connectivity index (χ3v) is 3.38. The Hall–Kier alpha value is -1.17. The van der Waals surface area contributed by atoms with Crippen molar-refractivity contribution in [1.82, 2.24) is 9.97 Å². The number of pyridine rings is 2. The Bertz CT molecular complexity index is 607. The van der Waals surface area contributed by atoms with Crippen LogP contribution >= 0.6 is 39.1 Å². The van der Waals surface area contributed by atoms with Crippen molar-refractivity contribution in [2.45, 2.75) is 0 Å². The summed E-state index contributed by atoms with van der Waals surface area (Å²) in [5.41, 5.74) is 0.742. The van der Waals surface area contributed by atoms with Gasteiger partial charge in [-0.05, 0) is 34.1 Å². The first-order chi connectivity index (χ1) is 8.56. The van der Waals surface area contributed by atoms with Crippen LogP contribution < -0.4 is 5.32 Å². The molecule has 0 atom stereocenters. The first-order valence-electron chi connectivity index (χ1n) is 4.80. The topological polar surface area (TPSA) is 54.9 Å². The van der Waals surface area contributed by atoms with Crippen LogP contribution in [0.4, 0.5) is 5.69 Å². The normalized spacial score (nSPS) is 10.2. The largest absolute Gasteiger partial charge is 0.319 e. The van der Waals surface area contributed by atoms with E-state index in [1.165, 1.54) is 18.5 Å². The Balaban J connectivity index is 2.18. The molecule has 0 aliphatic carbocycles. The highest BCUT2D eigenvalue weighted by molar-refractivity contribution is 9.10. The molecule has 1 N–H and O–H groups in total. The van der Waals surface area contributed by atoms with Gasteiger partial charge in [0.25, 0.3) is 5.91 Å². The number of rotatable bonds is 2. The quantitative estimate of drug-likeness (QED) is 0.841. The molecule has 1 amide bonds. The highest BCUT2D eigenvalue weighted by atomic mass is 79.9. The molecule has 0 bridgehead atoms. The molecule has 0 saturated carbocycles. The van der Waals surface area contributed by atoms with Crippen LogP contribution in [-0.2, 0) is 0 Å². The zero-order valence-corrected chi connectivity index (χ0v) is 11.9. The number of anilines is 1. The van der Waals surface area contributed by atoms with Crippen molar-refractivity contribution >= 4 is 50.7 Å². The predicted molar refractivity (Wildman–Crippen MR) is 74.1 cm³/mol. The van der Waals surface area contributed by atoms with Gasteiger partial charge in [0.1, 0.15) is 10.8 Å². The molecule has 0 radical (unpaired) electrons. The van der Waals surface area contributed by atoms with Crippen LogP contribution in [0.25, 0.3) is 0 Å². The monoisotopic (exact) mass is 345 g/mol. The van der Waals surface area contributed by atoms with Crippen molar-refractivity contribution in [3.63, 3.8) is 0 Å². The van der Waals surface area contributed by atoms with Crippen molar-refractivity contribution in [2.24, 2.45) is 0 Å². The number of halogens is 3. The van der Waals surface area contributed by atoms with Gasteiger partial charge in [0.05, 0.1) is 16.4 Å². The van der Waals surface area contributed by atoms with Crippen molar-refractivity contribution in [3.8, 4) is 0 Å². The SMILES string of the molecule is O=C(Nc1cnc(Cl)c(Br)c1)c1cc(Cl)ccn1. The predicted octanol–water partition coefficient (Wildman–Crippen LogP) is 3.80. The molecule has 2 aromatic rings. The number of carbonyl (C=O) groups is 1. The second-order valence-corrected chi connectivity index (χ2v) is 4.96. The molecule has 0 saturated heterocycles. The summed E-state index contributed by atoms with van der Waals surface area (Å²) < 4.78 is 0.598. The van der Waals surface area contributed by atoms with Crippen LogP contribution in [0, 0.1) is 0 Å². The van der Waals surface area contributed by atoms with Gasteiger partial charge >= 0.3 is 0 Å². The molecule has 92 valence electrons. The first kappa shape index (κ1) is 13.3. The number of amides is 1. The molecule has 2 aromatic heterocycles. The second-order valence-electron chi connectivity index (χ2n) is 3.31. The summed E-state index contributed by atoms with van der Waals surface area (Å²) in [6.45, 7) is 0. The zero-order valence-electron chi connectivity index (χ0n) is 8.82. The van der Waals surface area contributed by atoms with Crippen LogP contribution in [-0.4, -0.2) is 15.9 Å². The minimum Gasteiger partial charge on any atom is -0.319 e. The molecule has 0 fully saturated rings. The number of nitrogens with one attached hydrogen (secondary N) is 1. The van der Waals surface area contributed by atoms with E-state index in [0.29, 0.717) is 20.3 Å². The fraction of sp³-hybridized carbons (Fsp3) is 0. The second kappa shape index (κ2) is 5.65. The molecule has 18 heavy (non-hydrogen) atoms. The van der Waals surface area contributed by atoms with E-state index in [1.54, 1.807) is 12.1 Å². The lowest BCUT2D eigenvalue weighted by Crippen LogP contribution is -2.13. The van der Waals surface area contributed by atoms with Crippen LogP contribution in [0.3, 0.4) is 0 Å². The maximum absolute atomic E-state index is 11.9. The first-order valence-corrected chi connectivity index (χ1v) is 6.35. The van der Waals surface area contributed by atoms with Gasteiger partial charge in [0.15, 0.2) is 0 Å².